The summed E-state index contributed by atoms with van der Waals surface area (Å²) < 4.78 is 34.1. The molecule has 2 unspecified atom stereocenters. The molecule has 0 fully saturated rings. The SMILES string of the molecule is CCCCCCC/C=C\C/C=C\C/C=C\CCCCCCCCCCCCCCCCCCCCCCCCC(=O)OC(COC(=O)CCCCCCCCCCCCCC)COP(=O)([O-])OCC[N+](C)(C)C. The molecule has 0 amide bonds. The molecule has 0 aromatic carbocycles. The number of hydrogen-bond donors (Lipinski definition) is 0. The Morgan fingerprint density at radius 2 is 0.740 bits per heavy atom. The molecule has 0 spiro atoms. The molecule has 10 heteroatoms. The van der Waals surface area contributed by atoms with Crippen LogP contribution in [-0.4, -0.2) is 70.0 Å². The first-order valence-electron chi connectivity index (χ1n) is 31.2. The van der Waals surface area contributed by atoms with E-state index in [1.54, 1.807) is 0 Å². The number of unbranched alkanes of at least 4 members (excludes halogenated alkanes) is 38. The van der Waals surface area contributed by atoms with Gasteiger partial charge >= 0.3 is 11.9 Å². The van der Waals surface area contributed by atoms with E-state index in [0.29, 0.717) is 17.4 Å². The van der Waals surface area contributed by atoms with Crippen molar-refractivity contribution in [3.63, 3.8) is 0 Å². The van der Waals surface area contributed by atoms with Crippen LogP contribution in [0.15, 0.2) is 36.5 Å². The molecule has 0 N–H and O–H groups in total. The Hall–Kier alpha value is -1.77. The molecule has 0 rings (SSSR count). The highest BCUT2D eigenvalue weighted by Gasteiger charge is 2.22. The van der Waals surface area contributed by atoms with Crippen LogP contribution in [0.2, 0.25) is 0 Å². The van der Waals surface area contributed by atoms with Crippen LogP contribution in [0.5, 0.6) is 0 Å². The summed E-state index contributed by atoms with van der Waals surface area (Å²) in [6.45, 7) is 4.26. The van der Waals surface area contributed by atoms with Crippen molar-refractivity contribution in [3.05, 3.63) is 36.5 Å². The molecule has 0 aliphatic carbocycles. The lowest BCUT2D eigenvalue weighted by Gasteiger charge is -2.28. The number of hydrogen-bond acceptors (Lipinski definition) is 8. The van der Waals surface area contributed by atoms with E-state index in [-0.39, 0.29) is 32.0 Å². The number of ether oxygens (including phenoxy) is 2. The third kappa shape index (κ3) is 59.3. The molecule has 73 heavy (non-hydrogen) atoms. The number of allylic oxidation sites excluding steroid dienone is 6. The van der Waals surface area contributed by atoms with Gasteiger partial charge in [-0.3, -0.25) is 14.2 Å². The van der Waals surface area contributed by atoms with Crippen LogP contribution in [0.1, 0.15) is 303 Å². The van der Waals surface area contributed by atoms with Crippen molar-refractivity contribution in [2.45, 2.75) is 309 Å². The largest absolute Gasteiger partial charge is 0.756 e. The van der Waals surface area contributed by atoms with Crippen LogP contribution in [0.3, 0.4) is 0 Å². The van der Waals surface area contributed by atoms with Crippen LogP contribution < -0.4 is 4.89 Å². The van der Waals surface area contributed by atoms with Crippen LogP contribution >= 0.6 is 7.82 Å². The lowest BCUT2D eigenvalue weighted by atomic mass is 10.0. The molecule has 0 aliphatic rings. The molecule has 0 saturated heterocycles. The Kier molecular flexibility index (Phi) is 53.7. The summed E-state index contributed by atoms with van der Waals surface area (Å²) in [5.74, 6) is -0.818. The number of carbonyl (C=O) groups excluding carboxylic acids is 2. The van der Waals surface area contributed by atoms with Gasteiger partial charge in [0.25, 0.3) is 7.82 Å². The molecule has 2 atom stereocenters. The second kappa shape index (κ2) is 55.0. The molecule has 0 heterocycles. The third-order valence-electron chi connectivity index (χ3n) is 13.9. The van der Waals surface area contributed by atoms with E-state index < -0.39 is 26.5 Å². The van der Waals surface area contributed by atoms with E-state index in [1.807, 2.05) is 21.1 Å². The maximum absolute atomic E-state index is 12.8. The summed E-state index contributed by atoms with van der Waals surface area (Å²) in [5, 5.41) is 0. The highest BCUT2D eigenvalue weighted by molar-refractivity contribution is 7.45. The smallest absolute Gasteiger partial charge is 0.306 e. The highest BCUT2D eigenvalue weighted by Crippen LogP contribution is 2.38. The van der Waals surface area contributed by atoms with Gasteiger partial charge < -0.3 is 27.9 Å². The molecular weight excluding hydrogens is 930 g/mol. The minimum Gasteiger partial charge on any atom is -0.756 e. The van der Waals surface area contributed by atoms with E-state index in [0.717, 1.165) is 44.9 Å². The van der Waals surface area contributed by atoms with Crippen molar-refractivity contribution in [2.75, 3.05) is 47.5 Å². The van der Waals surface area contributed by atoms with Crippen molar-refractivity contribution >= 4 is 19.8 Å². The number of phosphoric acid groups is 1. The molecule has 0 aliphatic heterocycles. The summed E-state index contributed by atoms with van der Waals surface area (Å²) in [6.07, 6.45) is 68.0. The minimum absolute atomic E-state index is 0.0275. The van der Waals surface area contributed by atoms with Gasteiger partial charge in [-0.05, 0) is 51.4 Å². The van der Waals surface area contributed by atoms with Gasteiger partial charge in [-0.1, -0.05) is 275 Å². The van der Waals surface area contributed by atoms with Crippen molar-refractivity contribution in [3.8, 4) is 0 Å². The minimum atomic E-state index is -4.63. The molecule has 0 aromatic rings. The summed E-state index contributed by atoms with van der Waals surface area (Å²) in [4.78, 5) is 37.8. The lowest BCUT2D eigenvalue weighted by Crippen LogP contribution is -2.37. The number of quaternary nitrogens is 1. The fraction of sp³-hybridized carbons (Fsp3) is 0.873. The Bertz CT molecular complexity index is 1330. The standard InChI is InChI=1S/C63H120NO8P/c1-6-8-10-12-14-16-18-20-21-22-23-24-25-26-27-28-29-30-31-32-33-34-35-36-37-38-39-40-41-42-43-44-46-48-50-52-54-56-63(66)72-61(60-71-73(67,68)70-58-57-64(3,4)5)59-69-62(65)55-53-51-49-47-45-19-17-15-13-11-9-7-2/h18,20,22-23,25-26,61H,6-17,19,21,24,27-60H2,1-5H3/b20-18-,23-22-,26-25-. The number of esters is 2. The van der Waals surface area contributed by atoms with Crippen molar-refractivity contribution in [2.24, 2.45) is 0 Å². The van der Waals surface area contributed by atoms with Gasteiger partial charge in [0.05, 0.1) is 27.7 Å². The Labute approximate surface area is 452 Å². The fourth-order valence-electron chi connectivity index (χ4n) is 9.08. The van der Waals surface area contributed by atoms with Crippen LogP contribution in [-0.2, 0) is 32.7 Å². The predicted octanol–water partition coefficient (Wildman–Crippen LogP) is 18.9. The quantitative estimate of drug-likeness (QED) is 0.0195. The lowest BCUT2D eigenvalue weighted by molar-refractivity contribution is -0.870. The Balaban J connectivity index is 3.90. The van der Waals surface area contributed by atoms with Gasteiger partial charge in [0.15, 0.2) is 6.10 Å². The average Bonchev–Trinajstić information content (AvgIpc) is 3.35. The molecule has 0 radical (unpaired) electrons. The summed E-state index contributed by atoms with van der Waals surface area (Å²) in [6, 6.07) is 0. The first-order chi connectivity index (χ1) is 35.5. The molecule has 430 valence electrons. The van der Waals surface area contributed by atoms with Gasteiger partial charge in [-0.25, -0.2) is 0 Å². The number of rotatable bonds is 58. The number of likely N-dealkylation sites (N-methyl/N-ethyl adjacent to an activating group) is 1. The summed E-state index contributed by atoms with van der Waals surface area (Å²) in [7, 11) is 1.18. The molecular formula is C63H120NO8P. The monoisotopic (exact) mass is 1050 g/mol. The number of phosphoric ester groups is 1. The van der Waals surface area contributed by atoms with Crippen LogP contribution in [0, 0.1) is 0 Å². The van der Waals surface area contributed by atoms with E-state index in [2.05, 4.69) is 50.3 Å². The fourth-order valence-corrected chi connectivity index (χ4v) is 9.81. The zero-order valence-corrected chi connectivity index (χ0v) is 49.7. The van der Waals surface area contributed by atoms with Gasteiger partial charge in [-0.2, -0.15) is 0 Å². The van der Waals surface area contributed by atoms with Gasteiger partial charge in [0.2, 0.25) is 0 Å². The van der Waals surface area contributed by atoms with Gasteiger partial charge in [-0.15, -0.1) is 0 Å². The van der Waals surface area contributed by atoms with Gasteiger partial charge in [0.1, 0.15) is 19.8 Å². The average molecular weight is 1050 g/mol. The van der Waals surface area contributed by atoms with E-state index in [4.69, 9.17) is 18.5 Å². The maximum Gasteiger partial charge on any atom is 0.306 e. The van der Waals surface area contributed by atoms with E-state index in [9.17, 15) is 19.0 Å². The topological polar surface area (TPSA) is 111 Å². The highest BCUT2D eigenvalue weighted by atomic mass is 31.2. The second-order valence-corrected chi connectivity index (χ2v) is 23.8. The first kappa shape index (κ1) is 71.2. The zero-order chi connectivity index (χ0) is 53.5. The number of carbonyl (C=O) groups is 2. The summed E-state index contributed by atoms with van der Waals surface area (Å²) >= 11 is 0. The second-order valence-electron chi connectivity index (χ2n) is 22.4. The van der Waals surface area contributed by atoms with Crippen molar-refractivity contribution < 1.29 is 42.1 Å². The normalized spacial score (nSPS) is 13.5. The van der Waals surface area contributed by atoms with Gasteiger partial charge in [0, 0.05) is 12.8 Å². The third-order valence-corrected chi connectivity index (χ3v) is 14.9. The first-order valence-corrected chi connectivity index (χ1v) is 32.7. The molecule has 0 bridgehead atoms. The van der Waals surface area contributed by atoms with Crippen molar-refractivity contribution in [1.82, 2.24) is 0 Å². The Morgan fingerprint density at radius 1 is 0.425 bits per heavy atom. The molecule has 0 saturated carbocycles. The van der Waals surface area contributed by atoms with Crippen LogP contribution in [0.4, 0.5) is 0 Å². The zero-order valence-electron chi connectivity index (χ0n) is 48.9. The summed E-state index contributed by atoms with van der Waals surface area (Å²) in [5.41, 5.74) is 0. The molecule has 9 nitrogen and oxygen atoms in total. The van der Waals surface area contributed by atoms with E-state index in [1.165, 1.54) is 225 Å². The predicted molar refractivity (Wildman–Crippen MR) is 310 cm³/mol. The van der Waals surface area contributed by atoms with Crippen LogP contribution in [0.25, 0.3) is 0 Å². The van der Waals surface area contributed by atoms with Crippen molar-refractivity contribution in [1.29, 1.82) is 0 Å². The molecule has 0 aromatic heterocycles. The number of nitrogens with zero attached hydrogens (tertiary/aromatic N) is 1. The maximum atomic E-state index is 12.8. The van der Waals surface area contributed by atoms with E-state index >= 15 is 0 Å². The Morgan fingerprint density at radius 3 is 1.10 bits per heavy atom.